The number of halogens is 2. The van der Waals surface area contributed by atoms with E-state index in [0.29, 0.717) is 5.56 Å². The number of alkyl carbamates (subject to hydrolysis) is 1. The average molecular weight is 269 g/mol. The number of ether oxygens (including phenoxy) is 1. The molecule has 1 fully saturated rings. The zero-order valence-corrected chi connectivity index (χ0v) is 11.2. The lowest BCUT2D eigenvalue weighted by atomic mass is 9.87. The Kier molecular flexibility index (Phi) is 3.24. The molecule has 1 aliphatic rings. The van der Waals surface area contributed by atoms with Gasteiger partial charge in [0, 0.05) is 18.0 Å². The van der Waals surface area contributed by atoms with Gasteiger partial charge in [-0.1, -0.05) is 19.9 Å². The summed E-state index contributed by atoms with van der Waals surface area (Å²) in [6.07, 6.45) is 0.177. The molecule has 1 N–H and O–H groups in total. The summed E-state index contributed by atoms with van der Waals surface area (Å²) < 4.78 is 31.5. The maximum Gasteiger partial charge on any atom is 0.406 e. The van der Waals surface area contributed by atoms with Crippen LogP contribution < -0.4 is 5.32 Å². The Balaban J connectivity index is 2.28. The third-order valence-electron chi connectivity index (χ3n) is 4.08. The molecule has 19 heavy (non-hydrogen) atoms. The molecule has 1 aliphatic carbocycles. The Labute approximate surface area is 111 Å². The van der Waals surface area contributed by atoms with Crippen molar-refractivity contribution in [1.82, 2.24) is 5.32 Å². The molecule has 0 radical (unpaired) electrons. The van der Waals surface area contributed by atoms with Crippen LogP contribution in [0.25, 0.3) is 0 Å². The summed E-state index contributed by atoms with van der Waals surface area (Å²) >= 11 is 0. The van der Waals surface area contributed by atoms with E-state index in [4.69, 9.17) is 0 Å². The van der Waals surface area contributed by atoms with Crippen molar-refractivity contribution in [2.45, 2.75) is 25.7 Å². The number of hydrogen-bond acceptors (Lipinski definition) is 2. The van der Waals surface area contributed by atoms with E-state index in [0.717, 1.165) is 12.5 Å². The van der Waals surface area contributed by atoms with E-state index in [1.165, 1.54) is 19.2 Å². The van der Waals surface area contributed by atoms with Crippen LogP contribution in [0, 0.1) is 17.0 Å². The number of benzene rings is 1. The summed E-state index contributed by atoms with van der Waals surface area (Å²) in [5.41, 5.74) is -0.207. The van der Waals surface area contributed by atoms with Crippen LogP contribution in [0.4, 0.5) is 13.6 Å². The topological polar surface area (TPSA) is 38.3 Å². The van der Waals surface area contributed by atoms with Crippen LogP contribution in [-0.2, 0) is 10.2 Å². The maximum absolute atomic E-state index is 14.0. The molecule has 0 saturated heterocycles. The van der Waals surface area contributed by atoms with E-state index in [1.54, 1.807) is 0 Å². The lowest BCUT2D eigenvalue weighted by molar-refractivity contribution is 0.169. The third kappa shape index (κ3) is 2.29. The molecule has 1 amide bonds. The van der Waals surface area contributed by atoms with Crippen LogP contribution in [0.5, 0.6) is 0 Å². The van der Waals surface area contributed by atoms with Crippen molar-refractivity contribution in [1.29, 1.82) is 0 Å². The molecule has 5 heteroatoms. The van der Waals surface area contributed by atoms with Gasteiger partial charge in [-0.2, -0.15) is 0 Å². The van der Waals surface area contributed by atoms with Gasteiger partial charge in [-0.05, 0) is 23.5 Å². The second-order valence-electron chi connectivity index (χ2n) is 5.61. The van der Waals surface area contributed by atoms with Crippen LogP contribution in [0.15, 0.2) is 18.2 Å². The van der Waals surface area contributed by atoms with Crippen LogP contribution in [0.1, 0.15) is 25.8 Å². The van der Waals surface area contributed by atoms with Gasteiger partial charge in [-0.15, -0.1) is 0 Å². The minimum atomic E-state index is -0.601. The normalized spacial score (nSPS) is 23.8. The molecule has 2 rings (SSSR count). The summed E-state index contributed by atoms with van der Waals surface area (Å²) in [6.45, 7) is 4.26. The second kappa shape index (κ2) is 4.47. The van der Waals surface area contributed by atoms with Crippen molar-refractivity contribution in [3.8, 4) is 0 Å². The van der Waals surface area contributed by atoms with Crippen molar-refractivity contribution in [2.75, 3.05) is 13.7 Å². The second-order valence-corrected chi connectivity index (χ2v) is 5.61. The summed E-state index contributed by atoms with van der Waals surface area (Å²) in [5.74, 6) is -1.17. The van der Waals surface area contributed by atoms with Crippen molar-refractivity contribution in [3.05, 3.63) is 35.4 Å². The van der Waals surface area contributed by atoms with Gasteiger partial charge in [0.1, 0.15) is 11.6 Å². The van der Waals surface area contributed by atoms with Crippen molar-refractivity contribution < 1.29 is 18.3 Å². The van der Waals surface area contributed by atoms with Crippen molar-refractivity contribution >= 4 is 6.09 Å². The van der Waals surface area contributed by atoms with E-state index >= 15 is 0 Å². The van der Waals surface area contributed by atoms with E-state index in [2.05, 4.69) is 10.1 Å². The van der Waals surface area contributed by atoms with Gasteiger partial charge in [0.25, 0.3) is 0 Å². The first-order valence-corrected chi connectivity index (χ1v) is 6.10. The predicted octanol–water partition coefficient (Wildman–Crippen LogP) is 2.99. The summed E-state index contributed by atoms with van der Waals surface area (Å²) in [7, 11) is 1.28. The van der Waals surface area contributed by atoms with Gasteiger partial charge in [-0.3, -0.25) is 0 Å². The smallest absolute Gasteiger partial charge is 0.406 e. The van der Waals surface area contributed by atoms with E-state index in [1.807, 2.05) is 13.8 Å². The van der Waals surface area contributed by atoms with Crippen LogP contribution in [-0.4, -0.2) is 19.7 Å². The van der Waals surface area contributed by atoms with Gasteiger partial charge in [-0.25, -0.2) is 13.6 Å². The molecule has 104 valence electrons. The minimum absolute atomic E-state index is 0.146. The first-order chi connectivity index (χ1) is 8.82. The highest BCUT2D eigenvalue weighted by Gasteiger charge is 2.62. The van der Waals surface area contributed by atoms with Gasteiger partial charge in [0.15, 0.2) is 0 Å². The fourth-order valence-electron chi connectivity index (χ4n) is 2.74. The molecule has 0 aliphatic heterocycles. The number of carbonyl (C=O) groups is 1. The molecule has 1 aromatic rings. The Morgan fingerprint density at radius 2 is 2.05 bits per heavy atom. The zero-order chi connectivity index (χ0) is 14.3. The van der Waals surface area contributed by atoms with Gasteiger partial charge in [0.05, 0.1) is 7.11 Å². The van der Waals surface area contributed by atoms with Crippen molar-refractivity contribution in [3.63, 3.8) is 0 Å². The predicted molar refractivity (Wildman–Crippen MR) is 66.8 cm³/mol. The summed E-state index contributed by atoms with van der Waals surface area (Å²) in [5, 5.41) is 2.61. The van der Waals surface area contributed by atoms with Crippen LogP contribution >= 0.6 is 0 Å². The van der Waals surface area contributed by atoms with Gasteiger partial charge >= 0.3 is 6.09 Å². The highest BCUT2D eigenvalue weighted by molar-refractivity contribution is 5.67. The molecule has 0 bridgehead atoms. The maximum atomic E-state index is 14.0. The van der Waals surface area contributed by atoms with Crippen molar-refractivity contribution in [2.24, 2.45) is 5.41 Å². The Morgan fingerprint density at radius 3 is 2.53 bits per heavy atom. The van der Waals surface area contributed by atoms with Gasteiger partial charge < -0.3 is 10.1 Å². The monoisotopic (exact) mass is 269 g/mol. The number of rotatable bonds is 3. The largest absolute Gasteiger partial charge is 0.453 e. The molecule has 0 aromatic heterocycles. The first kappa shape index (κ1) is 13.8. The quantitative estimate of drug-likeness (QED) is 0.916. The molecule has 0 heterocycles. The summed E-state index contributed by atoms with van der Waals surface area (Å²) in [4.78, 5) is 11.2. The minimum Gasteiger partial charge on any atom is -0.453 e. The number of amides is 1. The lowest BCUT2D eigenvalue weighted by Crippen LogP contribution is -2.35. The molecule has 1 saturated carbocycles. The third-order valence-corrected chi connectivity index (χ3v) is 4.08. The molecule has 1 aromatic carbocycles. The Morgan fingerprint density at radius 1 is 1.42 bits per heavy atom. The fourth-order valence-corrected chi connectivity index (χ4v) is 2.74. The van der Waals surface area contributed by atoms with E-state index in [-0.39, 0.29) is 12.0 Å². The average Bonchev–Trinajstić information content (AvgIpc) is 2.89. The molecular weight excluding hydrogens is 252 g/mol. The highest BCUT2D eigenvalue weighted by atomic mass is 19.1. The van der Waals surface area contributed by atoms with Gasteiger partial charge in [0.2, 0.25) is 0 Å². The molecule has 0 spiro atoms. The van der Waals surface area contributed by atoms with Crippen LogP contribution in [0.3, 0.4) is 0 Å². The molecule has 1 atom stereocenters. The molecule has 1 unspecified atom stereocenters. The highest BCUT2D eigenvalue weighted by Crippen LogP contribution is 2.64. The SMILES string of the molecule is COC(=O)NCC1(c2ccc(F)cc2F)CC1(C)C. The Hall–Kier alpha value is -1.65. The van der Waals surface area contributed by atoms with Crippen LogP contribution in [0.2, 0.25) is 0 Å². The van der Waals surface area contributed by atoms with E-state index < -0.39 is 23.1 Å². The summed E-state index contributed by atoms with van der Waals surface area (Å²) in [6, 6.07) is 3.58. The number of methoxy groups -OCH3 is 1. The Bertz CT molecular complexity index is 516. The standard InChI is InChI=1S/C14H17F2NO2/c1-13(2)7-14(13,8-17-12(18)19-3)10-5-4-9(15)6-11(10)16/h4-6H,7-8H2,1-3H3,(H,17,18). The first-order valence-electron chi connectivity index (χ1n) is 6.10. The fraction of sp³-hybridized carbons (Fsp3) is 0.500. The molecular formula is C14H17F2NO2. The number of nitrogens with one attached hydrogen (secondary N) is 1. The molecule has 3 nitrogen and oxygen atoms in total. The number of carbonyl (C=O) groups excluding carboxylic acids is 1. The lowest BCUT2D eigenvalue weighted by Gasteiger charge is -2.22. The van der Waals surface area contributed by atoms with E-state index in [9.17, 15) is 13.6 Å². The number of hydrogen-bond donors (Lipinski definition) is 1. The zero-order valence-electron chi connectivity index (χ0n) is 11.2.